The van der Waals surface area contributed by atoms with E-state index in [1.54, 1.807) is 24.4 Å². The molecule has 0 aliphatic rings. The van der Waals surface area contributed by atoms with Gasteiger partial charge in [-0.25, -0.2) is 14.8 Å². The third-order valence-electron chi connectivity index (χ3n) is 3.17. The molecular weight excluding hydrogens is 332 g/mol. The molecule has 0 fully saturated rings. The zero-order chi connectivity index (χ0) is 17.6. The van der Waals surface area contributed by atoms with Gasteiger partial charge in [-0.2, -0.15) is 8.78 Å². The van der Waals surface area contributed by atoms with E-state index in [4.69, 9.17) is 4.74 Å². The lowest BCUT2D eigenvalue weighted by atomic mass is 10.2. The third kappa shape index (κ3) is 4.60. The highest BCUT2D eigenvalue weighted by Gasteiger charge is 2.06. The topological polar surface area (TPSA) is 77.1 Å². The number of esters is 1. The van der Waals surface area contributed by atoms with Gasteiger partial charge in [-0.05, 0) is 35.9 Å². The number of nitrogens with zero attached hydrogens (tertiary/aromatic N) is 2. The van der Waals surface area contributed by atoms with Crippen LogP contribution in [-0.4, -0.2) is 27.5 Å². The van der Waals surface area contributed by atoms with Crippen molar-refractivity contribution < 1.29 is 23.0 Å². The van der Waals surface area contributed by atoms with Crippen molar-refractivity contribution in [3.05, 3.63) is 60.1 Å². The Bertz CT molecular complexity index is 859. The second-order valence-corrected chi connectivity index (χ2v) is 4.95. The van der Waals surface area contributed by atoms with E-state index in [0.717, 1.165) is 5.52 Å². The Hall–Kier alpha value is -3.29. The highest BCUT2D eigenvalue weighted by Crippen LogP contribution is 2.15. The predicted octanol–water partition coefficient (Wildman–Crippen LogP) is 3.32. The van der Waals surface area contributed by atoms with Crippen molar-refractivity contribution in [1.29, 1.82) is 0 Å². The number of imidazole rings is 1. The van der Waals surface area contributed by atoms with E-state index < -0.39 is 12.6 Å². The number of ether oxygens (including phenoxy) is 2. The molecule has 0 spiro atoms. The number of hydrogen-bond acceptors (Lipinski definition) is 5. The summed E-state index contributed by atoms with van der Waals surface area (Å²) in [5, 5.41) is 0. The number of aromatic nitrogens is 3. The molecule has 0 radical (unpaired) electrons. The summed E-state index contributed by atoms with van der Waals surface area (Å²) in [5.41, 5.74) is 1.96. The van der Waals surface area contributed by atoms with Crippen molar-refractivity contribution >= 4 is 23.2 Å². The van der Waals surface area contributed by atoms with Gasteiger partial charge in [-0.3, -0.25) is 0 Å². The van der Waals surface area contributed by atoms with Gasteiger partial charge in [0.05, 0.1) is 5.52 Å². The standard InChI is InChI=1S/C17H13F2N3O3/c18-17(19)25-12-6-3-11(4-7-12)5-8-15(23)24-10-14-21-13-2-1-9-20-16(13)22-14/h1-9,17H,10H2,(H,20,21,22). The van der Waals surface area contributed by atoms with Crippen LogP contribution >= 0.6 is 0 Å². The molecule has 0 aliphatic carbocycles. The van der Waals surface area contributed by atoms with E-state index in [9.17, 15) is 13.6 Å². The fourth-order valence-corrected chi connectivity index (χ4v) is 2.08. The minimum atomic E-state index is -2.87. The number of H-pyrrole nitrogens is 1. The summed E-state index contributed by atoms with van der Waals surface area (Å²) in [7, 11) is 0. The van der Waals surface area contributed by atoms with Crippen molar-refractivity contribution in [2.45, 2.75) is 13.2 Å². The summed E-state index contributed by atoms with van der Waals surface area (Å²) in [4.78, 5) is 23.0. The Balaban J connectivity index is 1.53. The summed E-state index contributed by atoms with van der Waals surface area (Å²) < 4.78 is 33.4. The SMILES string of the molecule is O=C(C=Cc1ccc(OC(F)F)cc1)OCc1nc2ncccc2[nH]1. The number of alkyl halides is 2. The van der Waals surface area contributed by atoms with Gasteiger partial charge < -0.3 is 14.5 Å². The van der Waals surface area contributed by atoms with Crippen molar-refractivity contribution in [1.82, 2.24) is 15.0 Å². The Kier molecular flexibility index (Phi) is 4.98. The van der Waals surface area contributed by atoms with Crippen LogP contribution in [-0.2, 0) is 16.1 Å². The molecule has 3 aromatic rings. The lowest BCUT2D eigenvalue weighted by molar-refractivity contribution is -0.139. The molecule has 2 aromatic heterocycles. The minimum absolute atomic E-state index is 0.0132. The van der Waals surface area contributed by atoms with Gasteiger partial charge in [0, 0.05) is 12.3 Å². The molecule has 0 bridgehead atoms. The number of pyridine rings is 1. The van der Waals surface area contributed by atoms with Crippen LogP contribution in [0.25, 0.3) is 17.2 Å². The Labute approximate surface area is 141 Å². The molecule has 8 heteroatoms. The highest BCUT2D eigenvalue weighted by molar-refractivity contribution is 5.87. The molecule has 128 valence electrons. The second kappa shape index (κ2) is 7.52. The summed E-state index contributed by atoms with van der Waals surface area (Å²) in [6.45, 7) is -2.88. The first kappa shape index (κ1) is 16.6. The average Bonchev–Trinajstić information content (AvgIpc) is 3.02. The predicted molar refractivity (Wildman–Crippen MR) is 85.8 cm³/mol. The summed E-state index contributed by atoms with van der Waals surface area (Å²) in [6, 6.07) is 9.47. The van der Waals surface area contributed by atoms with E-state index in [2.05, 4.69) is 19.7 Å². The third-order valence-corrected chi connectivity index (χ3v) is 3.17. The van der Waals surface area contributed by atoms with E-state index in [1.165, 1.54) is 24.3 Å². The number of carbonyl (C=O) groups excluding carboxylic acids is 1. The molecular formula is C17H13F2N3O3. The zero-order valence-corrected chi connectivity index (χ0v) is 12.9. The van der Waals surface area contributed by atoms with Crippen LogP contribution in [0.15, 0.2) is 48.7 Å². The zero-order valence-electron chi connectivity index (χ0n) is 12.9. The fraction of sp³-hybridized carbons (Fsp3) is 0.118. The number of fused-ring (bicyclic) bond motifs is 1. The number of nitrogens with one attached hydrogen (secondary N) is 1. The maximum atomic E-state index is 12.1. The van der Waals surface area contributed by atoms with Crippen LogP contribution in [0.5, 0.6) is 5.75 Å². The van der Waals surface area contributed by atoms with Crippen LogP contribution in [0.1, 0.15) is 11.4 Å². The lowest BCUT2D eigenvalue weighted by Crippen LogP contribution is -2.02. The Morgan fingerprint density at radius 1 is 1.24 bits per heavy atom. The fourth-order valence-electron chi connectivity index (χ4n) is 2.08. The lowest BCUT2D eigenvalue weighted by Gasteiger charge is -2.03. The van der Waals surface area contributed by atoms with Crippen molar-refractivity contribution in [2.75, 3.05) is 0 Å². The number of rotatable bonds is 6. The summed E-state index contributed by atoms with van der Waals surface area (Å²) in [6.07, 6.45) is 4.37. The van der Waals surface area contributed by atoms with Gasteiger partial charge >= 0.3 is 12.6 Å². The Morgan fingerprint density at radius 3 is 2.76 bits per heavy atom. The van der Waals surface area contributed by atoms with E-state index in [0.29, 0.717) is 17.0 Å². The molecule has 0 saturated heterocycles. The first-order valence-electron chi connectivity index (χ1n) is 7.29. The molecule has 6 nitrogen and oxygen atoms in total. The van der Waals surface area contributed by atoms with Gasteiger partial charge in [0.25, 0.3) is 0 Å². The van der Waals surface area contributed by atoms with Gasteiger partial charge in [-0.1, -0.05) is 12.1 Å². The molecule has 0 unspecified atom stereocenters. The molecule has 1 N–H and O–H groups in total. The molecule has 2 heterocycles. The summed E-state index contributed by atoms with van der Waals surface area (Å²) >= 11 is 0. The second-order valence-electron chi connectivity index (χ2n) is 4.95. The first-order valence-corrected chi connectivity index (χ1v) is 7.29. The molecule has 25 heavy (non-hydrogen) atoms. The molecule has 0 amide bonds. The smallest absolute Gasteiger partial charge is 0.387 e. The average molecular weight is 345 g/mol. The Morgan fingerprint density at radius 2 is 2.04 bits per heavy atom. The number of hydrogen-bond donors (Lipinski definition) is 1. The molecule has 0 aliphatic heterocycles. The van der Waals surface area contributed by atoms with Crippen LogP contribution in [0.2, 0.25) is 0 Å². The first-order chi connectivity index (χ1) is 12.1. The number of benzene rings is 1. The van der Waals surface area contributed by atoms with Gasteiger partial charge in [-0.15, -0.1) is 0 Å². The minimum Gasteiger partial charge on any atom is -0.454 e. The van der Waals surface area contributed by atoms with Crippen LogP contribution in [0, 0.1) is 0 Å². The van der Waals surface area contributed by atoms with Gasteiger partial charge in [0.15, 0.2) is 5.65 Å². The van der Waals surface area contributed by atoms with Gasteiger partial charge in [0.2, 0.25) is 0 Å². The van der Waals surface area contributed by atoms with Crippen molar-refractivity contribution in [3.8, 4) is 5.75 Å². The number of halogens is 2. The molecule has 1 aromatic carbocycles. The molecule has 3 rings (SSSR count). The highest BCUT2D eigenvalue weighted by atomic mass is 19.3. The van der Waals surface area contributed by atoms with Crippen LogP contribution < -0.4 is 4.74 Å². The summed E-state index contributed by atoms with van der Waals surface area (Å²) in [5.74, 6) is -0.0153. The molecule has 0 atom stereocenters. The van der Waals surface area contributed by atoms with E-state index in [-0.39, 0.29) is 12.4 Å². The van der Waals surface area contributed by atoms with E-state index >= 15 is 0 Å². The van der Waals surface area contributed by atoms with Crippen molar-refractivity contribution in [3.63, 3.8) is 0 Å². The van der Waals surface area contributed by atoms with Crippen LogP contribution in [0.4, 0.5) is 8.78 Å². The maximum absolute atomic E-state index is 12.1. The number of carbonyl (C=O) groups is 1. The normalized spacial score (nSPS) is 11.3. The number of aromatic amines is 1. The van der Waals surface area contributed by atoms with E-state index in [1.807, 2.05) is 6.07 Å². The monoisotopic (exact) mass is 345 g/mol. The van der Waals surface area contributed by atoms with Gasteiger partial charge in [0.1, 0.15) is 18.2 Å². The largest absolute Gasteiger partial charge is 0.454 e. The quantitative estimate of drug-likeness (QED) is 0.548. The van der Waals surface area contributed by atoms with Crippen LogP contribution in [0.3, 0.4) is 0 Å². The maximum Gasteiger partial charge on any atom is 0.387 e. The van der Waals surface area contributed by atoms with Crippen molar-refractivity contribution in [2.24, 2.45) is 0 Å². The molecule has 0 saturated carbocycles.